The van der Waals surface area contributed by atoms with E-state index in [-0.39, 0.29) is 6.42 Å². The molecule has 3 nitrogen and oxygen atoms in total. The van der Waals surface area contributed by atoms with Gasteiger partial charge in [-0.25, -0.2) is 0 Å². The molecule has 25 heavy (non-hydrogen) atoms. The predicted octanol–water partition coefficient (Wildman–Crippen LogP) is 5.13. The van der Waals surface area contributed by atoms with Gasteiger partial charge in [0.25, 0.3) is 0 Å². The molecule has 0 aliphatic rings. The summed E-state index contributed by atoms with van der Waals surface area (Å²) in [5.74, 6) is -0.821. The molecule has 1 aromatic heterocycles. The van der Waals surface area contributed by atoms with Crippen LogP contribution in [-0.4, -0.2) is 16.1 Å². The number of rotatable bonds is 4. The number of aromatic amines is 1. The van der Waals surface area contributed by atoms with E-state index in [1.807, 2.05) is 24.3 Å². The molecular formula is C22H17NO2. The number of nitrogens with one attached hydrogen (secondary N) is 1. The second-order valence-electron chi connectivity index (χ2n) is 6.09. The molecule has 3 heteroatoms. The highest BCUT2D eigenvalue weighted by Gasteiger charge is 2.09. The number of carboxylic acids is 1. The van der Waals surface area contributed by atoms with Crippen LogP contribution in [0.5, 0.6) is 0 Å². The smallest absolute Gasteiger partial charge is 0.307 e. The number of H-pyrrole nitrogens is 1. The summed E-state index contributed by atoms with van der Waals surface area (Å²) in [6.07, 6.45) is 1.80. The molecule has 0 atom stereocenters. The van der Waals surface area contributed by atoms with E-state index in [9.17, 15) is 4.79 Å². The van der Waals surface area contributed by atoms with Gasteiger partial charge in [0, 0.05) is 17.1 Å². The Morgan fingerprint density at radius 2 is 1.40 bits per heavy atom. The highest BCUT2D eigenvalue weighted by molar-refractivity contribution is 5.90. The maximum absolute atomic E-state index is 11.0. The minimum atomic E-state index is -0.821. The van der Waals surface area contributed by atoms with Crippen LogP contribution in [0, 0.1) is 0 Å². The van der Waals surface area contributed by atoms with Gasteiger partial charge in [-0.1, -0.05) is 60.7 Å². The third-order valence-corrected chi connectivity index (χ3v) is 4.43. The molecule has 4 aromatic rings. The largest absolute Gasteiger partial charge is 0.481 e. The Hall–Kier alpha value is -3.33. The fourth-order valence-corrected chi connectivity index (χ4v) is 3.15. The molecule has 0 amide bonds. The van der Waals surface area contributed by atoms with E-state index in [4.69, 9.17) is 5.11 Å². The van der Waals surface area contributed by atoms with E-state index in [0.717, 1.165) is 27.6 Å². The summed E-state index contributed by atoms with van der Waals surface area (Å²) >= 11 is 0. The predicted molar refractivity (Wildman–Crippen MR) is 101 cm³/mol. The second kappa shape index (κ2) is 6.29. The lowest BCUT2D eigenvalue weighted by molar-refractivity contribution is -0.136. The normalized spacial score (nSPS) is 10.9. The standard InChI is InChI=1S/C22H17NO2/c24-22(25)13-19-14-23-21-11-10-18(12-20(19)21)17-8-6-16(7-9-17)15-4-2-1-3-5-15/h1-12,14,23H,13H2,(H,24,25). The molecule has 3 aromatic carbocycles. The summed E-state index contributed by atoms with van der Waals surface area (Å²) in [5, 5.41) is 10.0. The molecule has 0 spiro atoms. The Balaban J connectivity index is 1.70. The van der Waals surface area contributed by atoms with Crippen molar-refractivity contribution in [2.75, 3.05) is 0 Å². The molecule has 0 radical (unpaired) electrons. The fourth-order valence-electron chi connectivity index (χ4n) is 3.15. The van der Waals surface area contributed by atoms with Gasteiger partial charge in [0.2, 0.25) is 0 Å². The van der Waals surface area contributed by atoms with Crippen molar-refractivity contribution in [2.45, 2.75) is 6.42 Å². The van der Waals surface area contributed by atoms with E-state index in [0.29, 0.717) is 0 Å². The average molecular weight is 327 g/mol. The lowest BCUT2D eigenvalue weighted by atomic mass is 9.98. The van der Waals surface area contributed by atoms with E-state index in [2.05, 4.69) is 53.5 Å². The Bertz CT molecular complexity index is 1030. The van der Waals surface area contributed by atoms with Crippen LogP contribution in [0.25, 0.3) is 33.2 Å². The van der Waals surface area contributed by atoms with Crippen molar-refractivity contribution in [1.29, 1.82) is 0 Å². The van der Waals surface area contributed by atoms with Crippen LogP contribution in [0.3, 0.4) is 0 Å². The molecule has 0 unspecified atom stereocenters. The van der Waals surface area contributed by atoms with Crippen molar-refractivity contribution in [3.63, 3.8) is 0 Å². The van der Waals surface area contributed by atoms with Crippen LogP contribution in [0.2, 0.25) is 0 Å². The first-order valence-electron chi connectivity index (χ1n) is 8.18. The topological polar surface area (TPSA) is 53.1 Å². The third kappa shape index (κ3) is 3.04. The van der Waals surface area contributed by atoms with E-state index in [1.54, 1.807) is 6.20 Å². The Labute approximate surface area is 145 Å². The number of aromatic nitrogens is 1. The monoisotopic (exact) mass is 327 g/mol. The van der Waals surface area contributed by atoms with Gasteiger partial charge < -0.3 is 10.1 Å². The van der Waals surface area contributed by atoms with Gasteiger partial charge in [-0.3, -0.25) is 4.79 Å². The van der Waals surface area contributed by atoms with E-state index in [1.165, 1.54) is 11.1 Å². The molecular weight excluding hydrogens is 310 g/mol. The Morgan fingerprint density at radius 1 is 0.800 bits per heavy atom. The highest BCUT2D eigenvalue weighted by atomic mass is 16.4. The van der Waals surface area contributed by atoms with Crippen molar-refractivity contribution in [2.24, 2.45) is 0 Å². The average Bonchev–Trinajstić information content (AvgIpc) is 3.04. The zero-order chi connectivity index (χ0) is 17.2. The lowest BCUT2D eigenvalue weighted by Gasteiger charge is -2.06. The van der Waals surface area contributed by atoms with Gasteiger partial charge in [-0.15, -0.1) is 0 Å². The van der Waals surface area contributed by atoms with Gasteiger partial charge in [0.1, 0.15) is 0 Å². The molecule has 0 aliphatic heterocycles. The van der Waals surface area contributed by atoms with Gasteiger partial charge in [-0.05, 0) is 39.9 Å². The zero-order valence-corrected chi connectivity index (χ0v) is 13.6. The molecule has 2 N–H and O–H groups in total. The first kappa shape index (κ1) is 15.2. The van der Waals surface area contributed by atoms with Crippen molar-refractivity contribution in [3.05, 3.63) is 84.6 Å². The second-order valence-corrected chi connectivity index (χ2v) is 6.09. The highest BCUT2D eigenvalue weighted by Crippen LogP contribution is 2.28. The van der Waals surface area contributed by atoms with Crippen molar-refractivity contribution >= 4 is 16.9 Å². The minimum absolute atomic E-state index is 0.0242. The number of fused-ring (bicyclic) bond motifs is 1. The van der Waals surface area contributed by atoms with Crippen molar-refractivity contribution in [3.8, 4) is 22.3 Å². The number of carboxylic acid groups (broad SMARTS) is 1. The summed E-state index contributed by atoms with van der Waals surface area (Å²) in [6.45, 7) is 0. The SMILES string of the molecule is O=C(O)Cc1c[nH]c2ccc(-c3ccc(-c4ccccc4)cc3)cc12. The molecule has 0 fully saturated rings. The number of hydrogen-bond acceptors (Lipinski definition) is 1. The first-order chi connectivity index (χ1) is 12.2. The summed E-state index contributed by atoms with van der Waals surface area (Å²) in [5.41, 5.74) is 6.34. The molecule has 0 bridgehead atoms. The molecule has 1 heterocycles. The number of hydrogen-bond donors (Lipinski definition) is 2. The van der Waals surface area contributed by atoms with Gasteiger partial charge in [-0.2, -0.15) is 0 Å². The Morgan fingerprint density at radius 3 is 2.08 bits per heavy atom. The van der Waals surface area contributed by atoms with Gasteiger partial charge >= 0.3 is 5.97 Å². The maximum Gasteiger partial charge on any atom is 0.307 e. The number of benzene rings is 3. The number of carbonyl (C=O) groups is 1. The van der Waals surface area contributed by atoms with Gasteiger partial charge in [0.05, 0.1) is 6.42 Å². The fraction of sp³-hybridized carbons (Fsp3) is 0.0455. The quantitative estimate of drug-likeness (QED) is 0.546. The molecule has 4 rings (SSSR count). The van der Waals surface area contributed by atoms with Gasteiger partial charge in [0.15, 0.2) is 0 Å². The third-order valence-electron chi connectivity index (χ3n) is 4.43. The maximum atomic E-state index is 11.0. The van der Waals surface area contributed by atoms with Crippen LogP contribution in [0.15, 0.2) is 79.0 Å². The molecule has 122 valence electrons. The minimum Gasteiger partial charge on any atom is -0.481 e. The first-order valence-corrected chi connectivity index (χ1v) is 8.18. The van der Waals surface area contributed by atoms with Crippen LogP contribution >= 0.6 is 0 Å². The summed E-state index contributed by atoms with van der Waals surface area (Å²) in [6, 6.07) is 24.8. The van der Waals surface area contributed by atoms with Crippen LogP contribution in [-0.2, 0) is 11.2 Å². The van der Waals surface area contributed by atoms with E-state index < -0.39 is 5.97 Å². The van der Waals surface area contributed by atoms with Crippen LogP contribution in [0.4, 0.5) is 0 Å². The van der Waals surface area contributed by atoms with Crippen molar-refractivity contribution < 1.29 is 9.90 Å². The van der Waals surface area contributed by atoms with E-state index >= 15 is 0 Å². The summed E-state index contributed by atoms with van der Waals surface area (Å²) < 4.78 is 0. The van der Waals surface area contributed by atoms with Crippen LogP contribution in [0.1, 0.15) is 5.56 Å². The number of aliphatic carboxylic acids is 1. The summed E-state index contributed by atoms with van der Waals surface area (Å²) in [4.78, 5) is 14.2. The Kier molecular flexibility index (Phi) is 3.82. The molecule has 0 saturated carbocycles. The lowest BCUT2D eigenvalue weighted by Crippen LogP contribution is -1.98. The molecule has 0 aliphatic carbocycles. The van der Waals surface area contributed by atoms with Crippen molar-refractivity contribution in [1.82, 2.24) is 4.98 Å². The molecule has 0 saturated heterocycles. The van der Waals surface area contributed by atoms with Crippen LogP contribution < -0.4 is 0 Å². The summed E-state index contributed by atoms with van der Waals surface area (Å²) in [7, 11) is 0. The zero-order valence-electron chi connectivity index (χ0n) is 13.6.